The van der Waals surface area contributed by atoms with E-state index in [9.17, 15) is 9.90 Å². The smallest absolute Gasteiger partial charge is 0.340 e. The van der Waals surface area contributed by atoms with Crippen LogP contribution in [0.3, 0.4) is 0 Å². The van der Waals surface area contributed by atoms with Crippen LogP contribution in [0.1, 0.15) is 47.6 Å². The number of nitrogens with zero attached hydrogens (tertiary/aromatic N) is 2. The maximum absolute atomic E-state index is 11.3. The molecule has 1 aromatic rings. The molecule has 0 spiro atoms. The fourth-order valence-corrected chi connectivity index (χ4v) is 2.59. The molecule has 0 radical (unpaired) electrons. The molecule has 1 heterocycles. The van der Waals surface area contributed by atoms with Gasteiger partial charge in [-0.3, -0.25) is 0 Å². The predicted octanol–water partition coefficient (Wildman–Crippen LogP) is 3.03. The topological polar surface area (TPSA) is 63.1 Å². The molecular formula is C13H16N2O2S. The largest absolute Gasteiger partial charge is 0.478 e. The minimum Gasteiger partial charge on any atom is -0.478 e. The van der Waals surface area contributed by atoms with Crippen LogP contribution in [0.4, 0.5) is 0 Å². The van der Waals surface area contributed by atoms with Gasteiger partial charge in [-0.1, -0.05) is 17.8 Å². The number of carboxylic acid groups (broad SMARTS) is 1. The van der Waals surface area contributed by atoms with Crippen LogP contribution in [-0.2, 0) is 0 Å². The maximum atomic E-state index is 11.3. The second-order valence-electron chi connectivity index (χ2n) is 4.49. The van der Waals surface area contributed by atoms with Gasteiger partial charge in [0.15, 0.2) is 0 Å². The molecule has 1 aliphatic rings. The lowest BCUT2D eigenvalue weighted by Crippen LogP contribution is -2.10. The van der Waals surface area contributed by atoms with E-state index < -0.39 is 5.97 Å². The Morgan fingerprint density at radius 1 is 1.56 bits per heavy atom. The molecule has 1 saturated carbocycles. The molecule has 2 rings (SSSR count). The van der Waals surface area contributed by atoms with Crippen molar-refractivity contribution >= 4 is 17.7 Å². The van der Waals surface area contributed by atoms with Crippen LogP contribution in [0.15, 0.2) is 17.7 Å². The molecule has 1 fully saturated rings. The number of carboxylic acids is 1. The first-order chi connectivity index (χ1) is 8.52. The number of carbonyl (C=O) groups is 1. The Morgan fingerprint density at radius 2 is 2.22 bits per heavy atom. The van der Waals surface area contributed by atoms with E-state index in [0.29, 0.717) is 16.6 Å². The minimum absolute atomic E-state index is 0.129. The first-order valence-electron chi connectivity index (χ1n) is 5.94. The summed E-state index contributed by atoms with van der Waals surface area (Å²) in [6.45, 7) is 7.42. The van der Waals surface area contributed by atoms with Gasteiger partial charge >= 0.3 is 5.97 Å². The number of thioether (sulfide) groups is 1. The van der Waals surface area contributed by atoms with Crippen LogP contribution in [0, 0.1) is 6.92 Å². The van der Waals surface area contributed by atoms with Gasteiger partial charge in [-0.25, -0.2) is 14.8 Å². The number of aryl methyl sites for hydroxylation is 1. The van der Waals surface area contributed by atoms with Gasteiger partial charge in [0, 0.05) is 11.2 Å². The highest BCUT2D eigenvalue weighted by Gasteiger charge is 2.29. The first-order valence-corrected chi connectivity index (χ1v) is 6.82. The lowest BCUT2D eigenvalue weighted by molar-refractivity contribution is 0.0690. The molecule has 0 aliphatic heterocycles. The van der Waals surface area contributed by atoms with E-state index in [1.165, 1.54) is 11.8 Å². The summed E-state index contributed by atoms with van der Waals surface area (Å²) in [6.07, 6.45) is 3.99. The highest BCUT2D eigenvalue weighted by atomic mass is 32.2. The molecule has 1 unspecified atom stereocenters. The Labute approximate surface area is 111 Å². The molecule has 0 aromatic carbocycles. The lowest BCUT2D eigenvalue weighted by Gasteiger charge is -2.11. The van der Waals surface area contributed by atoms with Gasteiger partial charge in [0.2, 0.25) is 0 Å². The Hall–Kier alpha value is -1.36. The van der Waals surface area contributed by atoms with E-state index in [0.717, 1.165) is 18.7 Å². The van der Waals surface area contributed by atoms with Gasteiger partial charge in [-0.2, -0.15) is 0 Å². The summed E-state index contributed by atoms with van der Waals surface area (Å²) >= 11 is 1.42. The second-order valence-corrected chi connectivity index (χ2v) is 5.85. The van der Waals surface area contributed by atoms with E-state index in [1.54, 1.807) is 13.0 Å². The van der Waals surface area contributed by atoms with Crippen molar-refractivity contribution in [1.82, 2.24) is 9.97 Å². The van der Waals surface area contributed by atoms with Crippen molar-refractivity contribution < 1.29 is 9.90 Å². The van der Waals surface area contributed by atoms with E-state index in [2.05, 4.69) is 16.5 Å². The third-order valence-corrected chi connectivity index (χ3v) is 3.94. The van der Waals surface area contributed by atoms with Gasteiger partial charge in [-0.05, 0) is 26.7 Å². The van der Waals surface area contributed by atoms with Crippen LogP contribution in [0.5, 0.6) is 0 Å². The Morgan fingerprint density at radius 3 is 2.72 bits per heavy atom. The SMILES string of the molecule is C=CC(C)Sc1nc(C2CC2)nc(C)c1C(=O)O. The molecule has 1 atom stereocenters. The molecular weight excluding hydrogens is 248 g/mol. The number of hydrogen-bond acceptors (Lipinski definition) is 4. The Bertz CT molecular complexity index is 498. The summed E-state index contributed by atoms with van der Waals surface area (Å²) in [7, 11) is 0. The average Bonchev–Trinajstić information content (AvgIpc) is 3.11. The van der Waals surface area contributed by atoms with Crippen molar-refractivity contribution in [2.75, 3.05) is 0 Å². The summed E-state index contributed by atoms with van der Waals surface area (Å²) in [6, 6.07) is 0. The molecule has 96 valence electrons. The first kappa shape index (κ1) is 13.1. The zero-order valence-electron chi connectivity index (χ0n) is 10.5. The molecule has 1 aliphatic carbocycles. The van der Waals surface area contributed by atoms with Crippen LogP contribution in [0.25, 0.3) is 0 Å². The summed E-state index contributed by atoms with van der Waals surface area (Å²) in [5, 5.41) is 9.95. The lowest BCUT2D eigenvalue weighted by atomic mass is 10.2. The van der Waals surface area contributed by atoms with Crippen molar-refractivity contribution in [3.8, 4) is 0 Å². The Kier molecular flexibility index (Phi) is 3.71. The quantitative estimate of drug-likeness (QED) is 0.503. The van der Waals surface area contributed by atoms with Crippen LogP contribution >= 0.6 is 11.8 Å². The maximum Gasteiger partial charge on any atom is 0.340 e. The fourth-order valence-electron chi connectivity index (χ4n) is 1.65. The third kappa shape index (κ3) is 2.72. The third-order valence-electron chi connectivity index (χ3n) is 2.86. The normalized spacial score (nSPS) is 16.3. The van der Waals surface area contributed by atoms with Gasteiger partial charge in [0.1, 0.15) is 16.4 Å². The molecule has 0 amide bonds. The molecule has 0 saturated heterocycles. The van der Waals surface area contributed by atoms with Crippen molar-refractivity contribution in [2.24, 2.45) is 0 Å². The van der Waals surface area contributed by atoms with E-state index in [4.69, 9.17) is 0 Å². The van der Waals surface area contributed by atoms with Gasteiger partial charge < -0.3 is 5.11 Å². The monoisotopic (exact) mass is 264 g/mol. The molecule has 0 bridgehead atoms. The summed E-state index contributed by atoms with van der Waals surface area (Å²) in [5.41, 5.74) is 0.774. The van der Waals surface area contributed by atoms with E-state index >= 15 is 0 Å². The molecule has 18 heavy (non-hydrogen) atoms. The van der Waals surface area contributed by atoms with Crippen LogP contribution in [-0.4, -0.2) is 26.3 Å². The summed E-state index contributed by atoms with van der Waals surface area (Å²) < 4.78 is 0. The highest BCUT2D eigenvalue weighted by molar-refractivity contribution is 8.00. The Balaban J connectivity index is 2.43. The zero-order chi connectivity index (χ0) is 13.3. The number of aromatic nitrogens is 2. The highest BCUT2D eigenvalue weighted by Crippen LogP contribution is 2.39. The number of hydrogen-bond donors (Lipinski definition) is 1. The number of rotatable bonds is 5. The minimum atomic E-state index is -0.964. The van der Waals surface area contributed by atoms with Crippen molar-refractivity contribution in [1.29, 1.82) is 0 Å². The number of aromatic carboxylic acids is 1. The average molecular weight is 264 g/mol. The fraction of sp³-hybridized carbons (Fsp3) is 0.462. The van der Waals surface area contributed by atoms with Crippen molar-refractivity contribution in [3.05, 3.63) is 29.7 Å². The summed E-state index contributed by atoms with van der Waals surface area (Å²) in [5.74, 6) is 0.245. The van der Waals surface area contributed by atoms with E-state index in [1.807, 2.05) is 6.92 Å². The summed E-state index contributed by atoms with van der Waals surface area (Å²) in [4.78, 5) is 20.0. The van der Waals surface area contributed by atoms with E-state index in [-0.39, 0.29) is 10.8 Å². The zero-order valence-corrected chi connectivity index (χ0v) is 11.3. The standard InChI is InChI=1S/C13H16N2O2S/c1-4-7(2)18-12-10(13(16)17)8(3)14-11(15-12)9-5-6-9/h4,7,9H,1,5-6H2,2-3H3,(H,16,17). The predicted molar refractivity (Wildman–Crippen MR) is 71.2 cm³/mol. The van der Waals surface area contributed by atoms with Gasteiger partial charge in [0.05, 0.1) is 5.69 Å². The van der Waals surface area contributed by atoms with Crippen molar-refractivity contribution in [2.45, 2.75) is 42.9 Å². The molecule has 1 N–H and O–H groups in total. The van der Waals surface area contributed by atoms with Crippen LogP contribution in [0.2, 0.25) is 0 Å². The molecule has 5 heteroatoms. The molecule has 4 nitrogen and oxygen atoms in total. The molecule has 1 aromatic heterocycles. The van der Waals surface area contributed by atoms with Crippen molar-refractivity contribution in [3.63, 3.8) is 0 Å². The van der Waals surface area contributed by atoms with Gasteiger partial charge in [0.25, 0.3) is 0 Å². The van der Waals surface area contributed by atoms with Gasteiger partial charge in [-0.15, -0.1) is 6.58 Å². The second kappa shape index (κ2) is 5.10. The van der Waals surface area contributed by atoms with Crippen LogP contribution < -0.4 is 0 Å².